The van der Waals surface area contributed by atoms with E-state index in [0.717, 1.165) is 32.9 Å². The van der Waals surface area contributed by atoms with Crippen molar-refractivity contribution in [3.63, 3.8) is 0 Å². The number of benzene rings is 1. The molecule has 0 saturated heterocycles. The molecular formula is C15H11BrN2O2. The second-order valence-electron chi connectivity index (χ2n) is 4.32. The molecule has 2 aromatic heterocycles. The zero-order valence-corrected chi connectivity index (χ0v) is 12.3. The number of fused-ring (bicyclic) bond motifs is 1. The number of nitrogens with zero attached hydrogens (tertiary/aromatic N) is 1. The fourth-order valence-corrected chi connectivity index (χ4v) is 2.53. The Hall–Kier alpha value is -2.14. The molecule has 0 saturated carbocycles. The molecule has 0 aliphatic rings. The summed E-state index contributed by atoms with van der Waals surface area (Å²) in [6.07, 6.45) is 4.43. The van der Waals surface area contributed by atoms with Gasteiger partial charge >= 0.3 is 0 Å². The van der Waals surface area contributed by atoms with E-state index < -0.39 is 0 Å². The van der Waals surface area contributed by atoms with Gasteiger partial charge in [-0.2, -0.15) is 0 Å². The maximum Gasteiger partial charge on any atom is 0.150 e. The molecule has 0 spiro atoms. The summed E-state index contributed by atoms with van der Waals surface area (Å²) in [5.41, 5.74) is 3.15. The third-order valence-corrected chi connectivity index (χ3v) is 3.61. The molecule has 0 fully saturated rings. The lowest BCUT2D eigenvalue weighted by atomic mass is 10.0. The highest BCUT2D eigenvalue weighted by molar-refractivity contribution is 9.10. The van der Waals surface area contributed by atoms with Crippen LogP contribution in [-0.2, 0) is 0 Å². The highest BCUT2D eigenvalue weighted by atomic mass is 79.9. The molecule has 4 nitrogen and oxygen atoms in total. The van der Waals surface area contributed by atoms with Gasteiger partial charge in [0.05, 0.1) is 7.11 Å². The summed E-state index contributed by atoms with van der Waals surface area (Å²) in [7, 11) is 1.60. The van der Waals surface area contributed by atoms with Gasteiger partial charge in [-0.25, -0.2) is 4.98 Å². The van der Waals surface area contributed by atoms with Crippen LogP contribution in [0.1, 0.15) is 10.4 Å². The number of carbonyl (C=O) groups is 1. The van der Waals surface area contributed by atoms with Crippen molar-refractivity contribution in [1.82, 2.24) is 9.97 Å². The first-order valence-electron chi connectivity index (χ1n) is 5.99. The Labute approximate surface area is 123 Å². The van der Waals surface area contributed by atoms with Crippen LogP contribution < -0.4 is 4.74 Å². The number of nitrogens with one attached hydrogen (secondary N) is 1. The molecule has 0 amide bonds. The monoisotopic (exact) mass is 330 g/mol. The van der Waals surface area contributed by atoms with Crippen LogP contribution in [-0.4, -0.2) is 23.4 Å². The molecule has 0 aliphatic heterocycles. The van der Waals surface area contributed by atoms with Crippen molar-refractivity contribution >= 4 is 33.2 Å². The van der Waals surface area contributed by atoms with Gasteiger partial charge in [-0.05, 0) is 45.8 Å². The van der Waals surface area contributed by atoms with E-state index in [1.165, 1.54) is 0 Å². The van der Waals surface area contributed by atoms with E-state index in [-0.39, 0.29) is 0 Å². The molecule has 20 heavy (non-hydrogen) atoms. The number of aromatic amines is 1. The number of aldehydes is 1. The van der Waals surface area contributed by atoms with Gasteiger partial charge < -0.3 is 9.72 Å². The Balaban J connectivity index is 2.29. The first-order valence-corrected chi connectivity index (χ1v) is 6.78. The van der Waals surface area contributed by atoms with Gasteiger partial charge in [0.2, 0.25) is 0 Å². The van der Waals surface area contributed by atoms with Crippen LogP contribution in [0.2, 0.25) is 0 Å². The molecule has 0 aliphatic carbocycles. The number of H-pyrrole nitrogens is 1. The summed E-state index contributed by atoms with van der Waals surface area (Å²) in [6.45, 7) is 0. The first-order chi connectivity index (χ1) is 9.72. The molecule has 0 radical (unpaired) electrons. The van der Waals surface area contributed by atoms with Gasteiger partial charge in [-0.15, -0.1) is 0 Å². The number of aromatic nitrogens is 2. The predicted octanol–water partition coefficient (Wildman–Crippen LogP) is 3.81. The molecule has 3 rings (SSSR count). The molecule has 1 N–H and O–H groups in total. The minimum atomic E-state index is 0.617. The summed E-state index contributed by atoms with van der Waals surface area (Å²) in [4.78, 5) is 18.7. The lowest BCUT2D eigenvalue weighted by Crippen LogP contribution is -1.90. The fraction of sp³-hybridized carbons (Fsp3) is 0.0667. The van der Waals surface area contributed by atoms with E-state index in [4.69, 9.17) is 4.74 Å². The molecule has 0 bridgehead atoms. The van der Waals surface area contributed by atoms with Crippen molar-refractivity contribution in [1.29, 1.82) is 0 Å². The summed E-state index contributed by atoms with van der Waals surface area (Å²) in [5, 5.41) is 0.954. The van der Waals surface area contributed by atoms with E-state index in [2.05, 4.69) is 25.9 Å². The van der Waals surface area contributed by atoms with Crippen molar-refractivity contribution in [3.05, 3.63) is 46.7 Å². The Morgan fingerprint density at radius 3 is 2.90 bits per heavy atom. The maximum absolute atomic E-state index is 11.2. The Morgan fingerprint density at radius 2 is 2.15 bits per heavy atom. The van der Waals surface area contributed by atoms with E-state index >= 15 is 0 Å². The summed E-state index contributed by atoms with van der Waals surface area (Å²) < 4.78 is 6.13. The Kier molecular flexibility index (Phi) is 3.28. The van der Waals surface area contributed by atoms with E-state index in [1.54, 1.807) is 25.4 Å². The number of hydrogen-bond acceptors (Lipinski definition) is 3. The van der Waals surface area contributed by atoms with Crippen molar-refractivity contribution in [3.8, 4) is 16.9 Å². The van der Waals surface area contributed by atoms with Gasteiger partial charge in [0.1, 0.15) is 11.4 Å². The highest BCUT2D eigenvalue weighted by Crippen LogP contribution is 2.33. The summed E-state index contributed by atoms with van der Waals surface area (Å²) >= 11 is 3.42. The van der Waals surface area contributed by atoms with Crippen LogP contribution in [0.3, 0.4) is 0 Å². The largest absolute Gasteiger partial charge is 0.497 e. The van der Waals surface area contributed by atoms with Gasteiger partial charge in [-0.1, -0.05) is 0 Å². The Bertz CT molecular complexity index is 796. The van der Waals surface area contributed by atoms with Crippen LogP contribution >= 0.6 is 15.9 Å². The minimum Gasteiger partial charge on any atom is -0.497 e. The molecule has 2 heterocycles. The van der Waals surface area contributed by atoms with E-state index in [9.17, 15) is 4.79 Å². The van der Waals surface area contributed by atoms with Gasteiger partial charge in [0.15, 0.2) is 6.29 Å². The van der Waals surface area contributed by atoms with Crippen LogP contribution in [0.25, 0.3) is 22.2 Å². The smallest absolute Gasteiger partial charge is 0.150 e. The quantitative estimate of drug-likeness (QED) is 0.743. The number of halogens is 1. The predicted molar refractivity (Wildman–Crippen MR) is 81.2 cm³/mol. The van der Waals surface area contributed by atoms with E-state index in [1.807, 2.05) is 18.3 Å². The number of rotatable bonds is 3. The number of pyridine rings is 1. The molecule has 0 atom stereocenters. The van der Waals surface area contributed by atoms with Gasteiger partial charge in [-0.3, -0.25) is 4.79 Å². The van der Waals surface area contributed by atoms with Crippen LogP contribution in [0, 0.1) is 0 Å². The highest BCUT2D eigenvalue weighted by Gasteiger charge is 2.12. The number of ether oxygens (including phenoxy) is 1. The molecular weight excluding hydrogens is 320 g/mol. The Morgan fingerprint density at radius 1 is 1.30 bits per heavy atom. The second-order valence-corrected chi connectivity index (χ2v) is 5.24. The summed E-state index contributed by atoms with van der Waals surface area (Å²) in [6, 6.07) is 7.36. The van der Waals surface area contributed by atoms with Crippen molar-refractivity contribution in [2.45, 2.75) is 0 Å². The van der Waals surface area contributed by atoms with Crippen LogP contribution in [0.4, 0.5) is 0 Å². The standard InChI is InChI=1S/C15H11BrN2O2/c1-20-11-3-2-9(8-19)12(5-11)14-7-18-15-13(14)4-10(16)6-17-15/h2-8H,1H3,(H,17,18). The average Bonchev–Trinajstić information content (AvgIpc) is 2.89. The average molecular weight is 331 g/mol. The third-order valence-electron chi connectivity index (χ3n) is 3.18. The normalized spacial score (nSPS) is 10.7. The van der Waals surface area contributed by atoms with Crippen molar-refractivity contribution in [2.75, 3.05) is 7.11 Å². The molecule has 3 aromatic rings. The van der Waals surface area contributed by atoms with Crippen LogP contribution in [0.5, 0.6) is 5.75 Å². The fourth-order valence-electron chi connectivity index (χ4n) is 2.20. The number of methoxy groups -OCH3 is 1. The number of carbonyl (C=O) groups excluding carboxylic acids is 1. The first kappa shape index (κ1) is 12.9. The lowest BCUT2D eigenvalue weighted by molar-refractivity contribution is 0.112. The van der Waals surface area contributed by atoms with Gasteiger partial charge in [0, 0.05) is 33.4 Å². The van der Waals surface area contributed by atoms with Crippen molar-refractivity contribution < 1.29 is 9.53 Å². The van der Waals surface area contributed by atoms with Crippen molar-refractivity contribution in [2.24, 2.45) is 0 Å². The van der Waals surface area contributed by atoms with Crippen LogP contribution in [0.15, 0.2) is 41.1 Å². The molecule has 0 unspecified atom stereocenters. The zero-order valence-electron chi connectivity index (χ0n) is 10.7. The SMILES string of the molecule is COc1ccc(C=O)c(-c2c[nH]c3ncc(Br)cc23)c1. The van der Waals surface area contributed by atoms with Gasteiger partial charge in [0.25, 0.3) is 0 Å². The second kappa shape index (κ2) is 5.09. The zero-order chi connectivity index (χ0) is 14.1. The lowest BCUT2D eigenvalue weighted by Gasteiger charge is -2.07. The maximum atomic E-state index is 11.2. The molecule has 1 aromatic carbocycles. The topological polar surface area (TPSA) is 55.0 Å². The number of hydrogen-bond donors (Lipinski definition) is 1. The molecule has 100 valence electrons. The minimum absolute atomic E-state index is 0.617. The summed E-state index contributed by atoms with van der Waals surface area (Å²) in [5.74, 6) is 0.711. The molecule has 5 heteroatoms. The van der Waals surface area contributed by atoms with E-state index in [0.29, 0.717) is 11.3 Å². The third kappa shape index (κ3) is 2.10.